The van der Waals surface area contributed by atoms with Crippen LogP contribution in [0.2, 0.25) is 0 Å². The van der Waals surface area contributed by atoms with Gasteiger partial charge < -0.3 is 15.5 Å². The summed E-state index contributed by atoms with van der Waals surface area (Å²) in [7, 11) is 4.03. The van der Waals surface area contributed by atoms with Gasteiger partial charge in [-0.05, 0) is 24.6 Å². The summed E-state index contributed by atoms with van der Waals surface area (Å²) < 4.78 is 0. The van der Waals surface area contributed by atoms with Crippen molar-refractivity contribution in [2.24, 2.45) is 4.99 Å². The van der Waals surface area contributed by atoms with Gasteiger partial charge in [0.2, 0.25) is 0 Å². The first kappa shape index (κ1) is 19.7. The van der Waals surface area contributed by atoms with Crippen LogP contribution in [0, 0.1) is 0 Å². The van der Waals surface area contributed by atoms with Gasteiger partial charge in [-0.2, -0.15) is 0 Å². The number of hydrogen-bond acceptors (Lipinski definition) is 3. The molecule has 0 saturated carbocycles. The maximum atomic E-state index is 4.29. The lowest BCUT2D eigenvalue weighted by Crippen LogP contribution is -2.43. The molecule has 0 aromatic heterocycles. The molecule has 0 atom stereocenters. The number of hydrogen-bond donors (Lipinski definition) is 2. The summed E-state index contributed by atoms with van der Waals surface area (Å²) in [6, 6.07) is 8.96. The molecule has 1 fully saturated rings. The van der Waals surface area contributed by atoms with E-state index >= 15 is 0 Å². The summed E-state index contributed by atoms with van der Waals surface area (Å²) in [5.41, 5.74) is 2.69. The third-order valence-electron chi connectivity index (χ3n) is 4.78. The number of rotatable bonds is 8. The first-order valence-corrected chi connectivity index (χ1v) is 9.64. The number of nitrogens with one attached hydrogen (secondary N) is 2. The van der Waals surface area contributed by atoms with Crippen molar-refractivity contribution in [2.45, 2.75) is 39.3 Å². The molecule has 0 bridgehead atoms. The Labute approximate surface area is 153 Å². The van der Waals surface area contributed by atoms with Crippen LogP contribution in [-0.4, -0.2) is 62.6 Å². The smallest absolute Gasteiger partial charge is 0.191 e. The highest BCUT2D eigenvalue weighted by atomic mass is 15.2. The number of nitrogens with zero attached hydrogens (tertiary/aromatic N) is 3. The molecule has 1 saturated heterocycles. The van der Waals surface area contributed by atoms with Crippen LogP contribution in [0.15, 0.2) is 29.3 Å². The monoisotopic (exact) mass is 345 g/mol. The lowest BCUT2D eigenvalue weighted by Gasteiger charge is -2.32. The van der Waals surface area contributed by atoms with Crippen LogP contribution in [-0.2, 0) is 13.1 Å². The van der Waals surface area contributed by atoms with Crippen LogP contribution in [0.25, 0.3) is 0 Å². The van der Waals surface area contributed by atoms with E-state index in [9.17, 15) is 0 Å². The zero-order valence-electron chi connectivity index (χ0n) is 16.2. The van der Waals surface area contributed by atoms with E-state index in [-0.39, 0.29) is 0 Å². The van der Waals surface area contributed by atoms with E-state index in [0.29, 0.717) is 0 Å². The Morgan fingerprint density at radius 1 is 1.00 bits per heavy atom. The first-order valence-electron chi connectivity index (χ1n) is 9.64. The van der Waals surface area contributed by atoms with Crippen LogP contribution in [0.5, 0.6) is 0 Å². The van der Waals surface area contributed by atoms with Gasteiger partial charge in [-0.25, -0.2) is 0 Å². The fourth-order valence-electron chi connectivity index (χ4n) is 3.01. The van der Waals surface area contributed by atoms with Crippen LogP contribution in [0.1, 0.15) is 37.3 Å². The van der Waals surface area contributed by atoms with Crippen molar-refractivity contribution in [3.8, 4) is 0 Å². The largest absolute Gasteiger partial charge is 0.356 e. The van der Waals surface area contributed by atoms with Gasteiger partial charge in [-0.3, -0.25) is 9.89 Å². The normalized spacial score (nSPS) is 16.8. The van der Waals surface area contributed by atoms with E-state index in [1.165, 1.54) is 56.6 Å². The van der Waals surface area contributed by atoms with E-state index in [0.717, 1.165) is 25.6 Å². The van der Waals surface area contributed by atoms with Crippen LogP contribution >= 0.6 is 0 Å². The molecule has 1 aromatic carbocycles. The maximum Gasteiger partial charge on any atom is 0.191 e. The second kappa shape index (κ2) is 11.1. The van der Waals surface area contributed by atoms with Gasteiger partial charge in [0.1, 0.15) is 0 Å². The number of guanidine groups is 1. The van der Waals surface area contributed by atoms with E-state index in [2.05, 4.69) is 63.7 Å². The zero-order valence-corrected chi connectivity index (χ0v) is 16.2. The summed E-state index contributed by atoms with van der Waals surface area (Å²) >= 11 is 0. The first-order chi connectivity index (χ1) is 12.2. The highest BCUT2D eigenvalue weighted by molar-refractivity contribution is 5.79. The predicted octanol–water partition coefficient (Wildman–Crippen LogP) is 2.29. The molecule has 1 aliphatic rings. The van der Waals surface area contributed by atoms with Crippen molar-refractivity contribution in [1.29, 1.82) is 0 Å². The minimum Gasteiger partial charge on any atom is -0.356 e. The van der Waals surface area contributed by atoms with Gasteiger partial charge in [-0.1, -0.05) is 44.0 Å². The fourth-order valence-corrected chi connectivity index (χ4v) is 3.01. The standard InChI is InChI=1S/C20H35N5/c1-4-5-6-11-22-20(21-2)23-16-18-7-9-19(10-8-18)17-25-14-12-24(3)13-15-25/h7-10H,4-6,11-17H2,1-3H3,(H2,21,22,23). The quantitative estimate of drug-likeness (QED) is 0.431. The molecule has 0 unspecified atom stereocenters. The molecule has 140 valence electrons. The number of unbranched alkanes of at least 4 members (excludes halogenated alkanes) is 2. The van der Waals surface area contributed by atoms with Crippen LogP contribution < -0.4 is 10.6 Å². The SMILES string of the molecule is CCCCCNC(=NC)NCc1ccc(CN2CCN(C)CC2)cc1. The van der Waals surface area contributed by atoms with Crippen LogP contribution in [0.3, 0.4) is 0 Å². The summed E-state index contributed by atoms with van der Waals surface area (Å²) in [5, 5.41) is 6.76. The third kappa shape index (κ3) is 7.45. The third-order valence-corrected chi connectivity index (χ3v) is 4.78. The van der Waals surface area contributed by atoms with Gasteiger partial charge in [-0.15, -0.1) is 0 Å². The van der Waals surface area contributed by atoms with Crippen molar-refractivity contribution in [3.63, 3.8) is 0 Å². The van der Waals surface area contributed by atoms with Crippen LogP contribution in [0.4, 0.5) is 0 Å². The second-order valence-electron chi connectivity index (χ2n) is 6.96. The molecular weight excluding hydrogens is 310 g/mol. The fraction of sp³-hybridized carbons (Fsp3) is 0.650. The summed E-state index contributed by atoms with van der Waals surface area (Å²) in [6.07, 6.45) is 3.70. The molecule has 25 heavy (non-hydrogen) atoms. The van der Waals surface area contributed by atoms with E-state index in [1.807, 2.05) is 7.05 Å². The summed E-state index contributed by atoms with van der Waals surface area (Å²) in [4.78, 5) is 9.22. The maximum absolute atomic E-state index is 4.29. The Morgan fingerprint density at radius 3 is 2.32 bits per heavy atom. The highest BCUT2D eigenvalue weighted by Crippen LogP contribution is 2.09. The minimum absolute atomic E-state index is 0.808. The Hall–Kier alpha value is -1.59. The molecule has 0 spiro atoms. The number of piperazine rings is 1. The molecular formula is C20H35N5. The number of benzene rings is 1. The molecule has 2 N–H and O–H groups in total. The lowest BCUT2D eigenvalue weighted by molar-refractivity contribution is 0.148. The Morgan fingerprint density at radius 2 is 1.68 bits per heavy atom. The molecule has 0 amide bonds. The van der Waals surface area contributed by atoms with E-state index < -0.39 is 0 Å². The topological polar surface area (TPSA) is 42.9 Å². The number of likely N-dealkylation sites (N-methyl/N-ethyl adjacent to an activating group) is 1. The highest BCUT2D eigenvalue weighted by Gasteiger charge is 2.13. The molecule has 1 aromatic rings. The predicted molar refractivity (Wildman–Crippen MR) is 107 cm³/mol. The summed E-state index contributed by atoms with van der Waals surface area (Å²) in [5.74, 6) is 0.887. The van der Waals surface area contributed by atoms with Crippen molar-refractivity contribution in [1.82, 2.24) is 20.4 Å². The molecule has 1 heterocycles. The lowest BCUT2D eigenvalue weighted by atomic mass is 10.1. The van der Waals surface area contributed by atoms with Gasteiger partial charge in [0, 0.05) is 52.9 Å². The second-order valence-corrected chi connectivity index (χ2v) is 6.96. The molecule has 1 aliphatic heterocycles. The van der Waals surface area contributed by atoms with Crippen molar-refractivity contribution in [2.75, 3.05) is 46.8 Å². The van der Waals surface area contributed by atoms with Gasteiger partial charge in [0.25, 0.3) is 0 Å². The molecule has 2 rings (SSSR count). The molecule has 0 aliphatic carbocycles. The Balaban J connectivity index is 1.72. The Bertz CT molecular complexity index is 503. The van der Waals surface area contributed by atoms with Crippen molar-refractivity contribution < 1.29 is 0 Å². The van der Waals surface area contributed by atoms with E-state index in [4.69, 9.17) is 0 Å². The molecule has 0 radical (unpaired) electrons. The average Bonchev–Trinajstić information content (AvgIpc) is 2.64. The van der Waals surface area contributed by atoms with Crippen molar-refractivity contribution in [3.05, 3.63) is 35.4 Å². The summed E-state index contributed by atoms with van der Waals surface area (Å²) in [6.45, 7) is 9.75. The minimum atomic E-state index is 0.808. The molecule has 5 heteroatoms. The van der Waals surface area contributed by atoms with Gasteiger partial charge in [0.15, 0.2) is 5.96 Å². The van der Waals surface area contributed by atoms with Gasteiger partial charge in [0.05, 0.1) is 0 Å². The van der Waals surface area contributed by atoms with Gasteiger partial charge >= 0.3 is 0 Å². The average molecular weight is 346 g/mol. The zero-order chi connectivity index (χ0) is 17.9. The van der Waals surface area contributed by atoms with E-state index in [1.54, 1.807) is 0 Å². The van der Waals surface area contributed by atoms with Crippen molar-refractivity contribution >= 4 is 5.96 Å². The molecule has 5 nitrogen and oxygen atoms in total. The Kier molecular flexibility index (Phi) is 8.77. The number of aliphatic imine (C=N–C) groups is 1.